The van der Waals surface area contributed by atoms with Gasteiger partial charge in [-0.1, -0.05) is 18.2 Å². The van der Waals surface area contributed by atoms with Gasteiger partial charge in [0.2, 0.25) is 0 Å². The van der Waals surface area contributed by atoms with Gasteiger partial charge in [-0.15, -0.1) is 0 Å². The first-order valence-electron chi connectivity index (χ1n) is 7.89. The van der Waals surface area contributed by atoms with E-state index in [4.69, 9.17) is 5.11 Å². The van der Waals surface area contributed by atoms with Crippen LogP contribution in [0.25, 0.3) is 0 Å². The van der Waals surface area contributed by atoms with Crippen LogP contribution < -0.4 is 0 Å². The third kappa shape index (κ3) is 4.24. The summed E-state index contributed by atoms with van der Waals surface area (Å²) < 4.78 is 0. The summed E-state index contributed by atoms with van der Waals surface area (Å²) in [5, 5.41) is 28.1. The van der Waals surface area contributed by atoms with Crippen molar-refractivity contribution in [2.24, 2.45) is 0 Å². The van der Waals surface area contributed by atoms with Gasteiger partial charge in [0, 0.05) is 6.42 Å². The second kappa shape index (κ2) is 7.63. The summed E-state index contributed by atoms with van der Waals surface area (Å²) in [6.45, 7) is 3.99. The fourth-order valence-corrected chi connectivity index (χ4v) is 2.78. The van der Waals surface area contributed by atoms with E-state index >= 15 is 0 Å². The number of aryl methyl sites for hydroxylation is 2. The number of carboxylic acid groups (broad SMARTS) is 1. The van der Waals surface area contributed by atoms with Crippen molar-refractivity contribution in [3.05, 3.63) is 63.7 Å². The van der Waals surface area contributed by atoms with E-state index < -0.39 is 11.8 Å². The van der Waals surface area contributed by atoms with Crippen molar-refractivity contribution in [2.45, 2.75) is 33.1 Å². The summed E-state index contributed by atoms with van der Waals surface area (Å²) in [7, 11) is 0. The molecular formula is C20H19NO4. The maximum absolute atomic E-state index is 12.2. The van der Waals surface area contributed by atoms with Crippen LogP contribution in [0, 0.1) is 25.2 Å². The van der Waals surface area contributed by atoms with Crippen molar-refractivity contribution in [1.82, 2.24) is 0 Å². The van der Waals surface area contributed by atoms with Crippen LogP contribution in [0.4, 0.5) is 0 Å². The highest BCUT2D eigenvalue weighted by molar-refractivity contribution is 6.00. The summed E-state index contributed by atoms with van der Waals surface area (Å²) in [5.74, 6) is -1.96. The number of ketones is 1. The van der Waals surface area contributed by atoms with E-state index in [0.29, 0.717) is 6.42 Å². The molecule has 0 amide bonds. The number of carbonyl (C=O) groups excluding carboxylic acids is 1. The molecule has 2 rings (SSSR count). The molecule has 2 N–H and O–H groups in total. The van der Waals surface area contributed by atoms with E-state index in [9.17, 15) is 20.0 Å². The average Bonchev–Trinajstić information content (AvgIpc) is 2.57. The zero-order valence-corrected chi connectivity index (χ0v) is 14.2. The molecule has 2 aromatic rings. The number of aromatic hydroxyl groups is 1. The van der Waals surface area contributed by atoms with Gasteiger partial charge in [0.15, 0.2) is 5.78 Å². The van der Waals surface area contributed by atoms with Crippen LogP contribution >= 0.6 is 0 Å². The molecular weight excluding hydrogens is 318 g/mol. The second-order valence-electron chi connectivity index (χ2n) is 6.02. The van der Waals surface area contributed by atoms with Crippen LogP contribution in [-0.4, -0.2) is 22.0 Å². The SMILES string of the molecule is Cc1cccc(C)c1Cc1cc(C#N)c(O)c(C(=O)CCC(=O)O)c1. The largest absolute Gasteiger partial charge is 0.506 e. The van der Waals surface area contributed by atoms with E-state index in [-0.39, 0.29) is 29.7 Å². The predicted molar refractivity (Wildman–Crippen MR) is 92.7 cm³/mol. The van der Waals surface area contributed by atoms with Crippen molar-refractivity contribution < 1.29 is 19.8 Å². The molecule has 0 radical (unpaired) electrons. The lowest BCUT2D eigenvalue weighted by Gasteiger charge is -2.12. The number of benzene rings is 2. The maximum Gasteiger partial charge on any atom is 0.303 e. The van der Waals surface area contributed by atoms with Crippen molar-refractivity contribution in [3.8, 4) is 11.8 Å². The lowest BCUT2D eigenvalue weighted by atomic mass is 9.92. The van der Waals surface area contributed by atoms with Crippen LogP contribution in [0.15, 0.2) is 30.3 Å². The molecule has 0 heterocycles. The van der Waals surface area contributed by atoms with E-state index in [1.54, 1.807) is 12.1 Å². The van der Waals surface area contributed by atoms with Gasteiger partial charge >= 0.3 is 5.97 Å². The molecule has 5 nitrogen and oxygen atoms in total. The number of hydrogen-bond donors (Lipinski definition) is 2. The van der Waals surface area contributed by atoms with E-state index in [1.807, 2.05) is 38.1 Å². The van der Waals surface area contributed by atoms with Gasteiger partial charge in [-0.3, -0.25) is 9.59 Å². The Hall–Kier alpha value is -3.13. The molecule has 0 spiro atoms. The van der Waals surface area contributed by atoms with Crippen LogP contribution in [0.1, 0.15) is 51.0 Å². The lowest BCUT2D eigenvalue weighted by Crippen LogP contribution is -2.06. The molecule has 0 aliphatic rings. The van der Waals surface area contributed by atoms with Gasteiger partial charge in [0.1, 0.15) is 11.8 Å². The fraction of sp³-hybridized carbons (Fsp3) is 0.250. The summed E-state index contributed by atoms with van der Waals surface area (Å²) in [4.78, 5) is 22.9. The number of nitriles is 1. The molecule has 0 atom stereocenters. The maximum atomic E-state index is 12.2. The Morgan fingerprint density at radius 3 is 2.32 bits per heavy atom. The molecule has 128 valence electrons. The first-order chi connectivity index (χ1) is 11.8. The second-order valence-corrected chi connectivity index (χ2v) is 6.02. The molecule has 0 saturated carbocycles. The van der Waals surface area contributed by atoms with Crippen molar-refractivity contribution in [2.75, 3.05) is 0 Å². The van der Waals surface area contributed by atoms with Gasteiger partial charge in [-0.2, -0.15) is 5.26 Å². The fourth-order valence-electron chi connectivity index (χ4n) is 2.78. The zero-order valence-electron chi connectivity index (χ0n) is 14.2. The first-order valence-corrected chi connectivity index (χ1v) is 7.89. The number of phenolic OH excluding ortho intramolecular Hbond substituents is 1. The van der Waals surface area contributed by atoms with Crippen LogP contribution in [0.3, 0.4) is 0 Å². The minimum atomic E-state index is -1.08. The quantitative estimate of drug-likeness (QED) is 0.786. The minimum absolute atomic E-state index is 0.00142. The van der Waals surface area contributed by atoms with E-state index in [0.717, 1.165) is 22.3 Å². The first kappa shape index (κ1) is 18.2. The van der Waals surface area contributed by atoms with Gasteiger partial charge in [0.25, 0.3) is 0 Å². The number of nitrogens with zero attached hydrogens (tertiary/aromatic N) is 1. The Morgan fingerprint density at radius 1 is 1.12 bits per heavy atom. The number of rotatable bonds is 6. The Balaban J connectivity index is 2.43. The third-order valence-corrected chi connectivity index (χ3v) is 4.18. The molecule has 25 heavy (non-hydrogen) atoms. The van der Waals surface area contributed by atoms with Crippen LogP contribution in [0.2, 0.25) is 0 Å². The Labute approximate surface area is 146 Å². The van der Waals surface area contributed by atoms with E-state index in [1.165, 1.54) is 0 Å². The van der Waals surface area contributed by atoms with Gasteiger partial charge in [0.05, 0.1) is 17.5 Å². The Bertz CT molecular complexity index is 858. The number of carbonyl (C=O) groups is 2. The number of phenols is 1. The van der Waals surface area contributed by atoms with Crippen LogP contribution in [0.5, 0.6) is 5.75 Å². The molecule has 0 unspecified atom stereocenters. The molecule has 5 heteroatoms. The molecule has 0 fully saturated rings. The van der Waals surface area contributed by atoms with E-state index in [2.05, 4.69) is 0 Å². The van der Waals surface area contributed by atoms with Crippen molar-refractivity contribution >= 4 is 11.8 Å². The van der Waals surface area contributed by atoms with Crippen molar-refractivity contribution in [3.63, 3.8) is 0 Å². The zero-order chi connectivity index (χ0) is 18.6. The normalized spacial score (nSPS) is 10.3. The molecule has 0 aromatic heterocycles. The smallest absolute Gasteiger partial charge is 0.303 e. The van der Waals surface area contributed by atoms with Gasteiger partial charge < -0.3 is 10.2 Å². The van der Waals surface area contributed by atoms with Crippen LogP contribution in [-0.2, 0) is 11.2 Å². The third-order valence-electron chi connectivity index (χ3n) is 4.18. The van der Waals surface area contributed by atoms with Gasteiger partial charge in [-0.05, 0) is 54.7 Å². The summed E-state index contributed by atoms with van der Waals surface area (Å²) in [5.41, 5.74) is 4.05. The molecule has 0 aliphatic carbocycles. The monoisotopic (exact) mass is 337 g/mol. The number of aliphatic carboxylic acids is 1. The average molecular weight is 337 g/mol. The summed E-state index contributed by atoms with van der Waals surface area (Å²) >= 11 is 0. The molecule has 2 aromatic carbocycles. The standard InChI is InChI=1S/C20H19NO4/c1-12-4-3-5-13(2)16(12)9-14-8-15(11-21)20(25)17(10-14)18(22)6-7-19(23)24/h3-5,8,10,25H,6-7,9H2,1-2H3,(H,23,24). The highest BCUT2D eigenvalue weighted by atomic mass is 16.4. The summed E-state index contributed by atoms with van der Waals surface area (Å²) in [6, 6.07) is 11.0. The molecule has 0 bridgehead atoms. The Kier molecular flexibility index (Phi) is 5.56. The highest BCUT2D eigenvalue weighted by Crippen LogP contribution is 2.28. The molecule has 0 saturated heterocycles. The Morgan fingerprint density at radius 2 is 1.76 bits per heavy atom. The van der Waals surface area contributed by atoms with Gasteiger partial charge in [-0.25, -0.2) is 0 Å². The topological polar surface area (TPSA) is 98.4 Å². The number of Topliss-reactive ketones (excluding diaryl/α,β-unsaturated/α-hetero) is 1. The highest BCUT2D eigenvalue weighted by Gasteiger charge is 2.18. The summed E-state index contributed by atoms with van der Waals surface area (Å²) in [6.07, 6.45) is -0.0193. The minimum Gasteiger partial charge on any atom is -0.506 e. The number of carboxylic acids is 1. The van der Waals surface area contributed by atoms with Crippen molar-refractivity contribution in [1.29, 1.82) is 5.26 Å². The number of hydrogen-bond acceptors (Lipinski definition) is 4. The predicted octanol–water partition coefficient (Wildman–Crippen LogP) is 3.52. The molecule has 0 aliphatic heterocycles. The lowest BCUT2D eigenvalue weighted by molar-refractivity contribution is -0.136.